The topological polar surface area (TPSA) is 105 Å². The van der Waals surface area contributed by atoms with Crippen LogP contribution in [0.2, 0.25) is 5.02 Å². The number of carbonyl (C=O) groups is 3. The van der Waals surface area contributed by atoms with Gasteiger partial charge in [0.15, 0.2) is 0 Å². The van der Waals surface area contributed by atoms with E-state index in [4.69, 9.17) is 21.4 Å². The summed E-state index contributed by atoms with van der Waals surface area (Å²) in [5.74, 6) is -1.66. The summed E-state index contributed by atoms with van der Waals surface area (Å²) >= 11 is 6.12. The number of esters is 2. The van der Waals surface area contributed by atoms with Gasteiger partial charge in [-0.1, -0.05) is 11.6 Å². The van der Waals surface area contributed by atoms with Crippen molar-refractivity contribution in [3.8, 4) is 0 Å². The first-order chi connectivity index (χ1) is 12.3. The van der Waals surface area contributed by atoms with Crippen LogP contribution in [0, 0.1) is 6.92 Å². The molecule has 1 aliphatic heterocycles. The molecule has 9 heteroatoms. The average molecular weight is 383 g/mol. The molecule has 0 saturated carbocycles. The van der Waals surface area contributed by atoms with E-state index < -0.39 is 17.8 Å². The third-order valence-electron chi connectivity index (χ3n) is 3.93. The Bertz CT molecular complexity index is 790. The Balaban J connectivity index is 2.41. The summed E-state index contributed by atoms with van der Waals surface area (Å²) in [6.45, 7) is 1.60. The van der Waals surface area contributed by atoms with Crippen LogP contribution >= 0.6 is 11.6 Å². The van der Waals surface area contributed by atoms with Crippen molar-refractivity contribution in [2.24, 2.45) is 0 Å². The molecule has 0 aromatic heterocycles. The third-order valence-corrected chi connectivity index (χ3v) is 4.25. The summed E-state index contributed by atoms with van der Waals surface area (Å²) in [5.41, 5.74) is 1.48. The normalized spacial score (nSPS) is 13.9. The SMILES string of the molecule is COC(=O)C1=C(Nc2cc(Cl)c(C(=O)OC)cc2C)C(=O)N(CCO)C1. The molecule has 0 aliphatic carbocycles. The standard InChI is InChI=1S/C17H19ClN2O6/c1-9-6-10(16(23)25-2)12(18)7-13(9)19-14-11(17(24)26-3)8-20(4-5-21)15(14)22/h6-7,19,21H,4-5,8H2,1-3H3. The van der Waals surface area contributed by atoms with Crippen molar-refractivity contribution >= 4 is 35.1 Å². The van der Waals surface area contributed by atoms with Gasteiger partial charge in [0.2, 0.25) is 0 Å². The highest BCUT2D eigenvalue weighted by Gasteiger charge is 2.34. The zero-order chi connectivity index (χ0) is 19.4. The minimum Gasteiger partial charge on any atom is -0.466 e. The molecule has 0 bridgehead atoms. The predicted molar refractivity (Wildman–Crippen MR) is 93.9 cm³/mol. The van der Waals surface area contributed by atoms with Gasteiger partial charge in [-0.05, 0) is 24.6 Å². The van der Waals surface area contributed by atoms with Crippen LogP contribution in [0.5, 0.6) is 0 Å². The van der Waals surface area contributed by atoms with Crippen molar-refractivity contribution in [1.29, 1.82) is 0 Å². The van der Waals surface area contributed by atoms with Gasteiger partial charge in [-0.25, -0.2) is 9.59 Å². The number of hydrogen-bond donors (Lipinski definition) is 2. The Morgan fingerprint density at radius 1 is 1.27 bits per heavy atom. The number of nitrogens with zero attached hydrogens (tertiary/aromatic N) is 1. The van der Waals surface area contributed by atoms with E-state index in [1.807, 2.05) is 0 Å². The van der Waals surface area contributed by atoms with Crippen LogP contribution in [0.1, 0.15) is 15.9 Å². The zero-order valence-corrected chi connectivity index (χ0v) is 15.3. The van der Waals surface area contributed by atoms with Gasteiger partial charge in [0.25, 0.3) is 5.91 Å². The lowest BCUT2D eigenvalue weighted by atomic mass is 10.1. The van der Waals surface area contributed by atoms with Gasteiger partial charge in [0, 0.05) is 12.2 Å². The molecule has 0 spiro atoms. The van der Waals surface area contributed by atoms with Crippen LogP contribution in [0.3, 0.4) is 0 Å². The highest BCUT2D eigenvalue weighted by atomic mass is 35.5. The quantitative estimate of drug-likeness (QED) is 0.710. The Morgan fingerprint density at radius 2 is 1.92 bits per heavy atom. The summed E-state index contributed by atoms with van der Waals surface area (Å²) in [7, 11) is 2.47. The van der Waals surface area contributed by atoms with Crippen molar-refractivity contribution in [3.63, 3.8) is 0 Å². The van der Waals surface area contributed by atoms with E-state index in [1.54, 1.807) is 6.92 Å². The molecule has 0 radical (unpaired) electrons. The van der Waals surface area contributed by atoms with E-state index in [0.29, 0.717) is 11.3 Å². The lowest BCUT2D eigenvalue weighted by Gasteiger charge is -2.16. The molecule has 1 amide bonds. The smallest absolute Gasteiger partial charge is 0.339 e. The number of aliphatic hydroxyl groups is 1. The minimum absolute atomic E-state index is 0.0292. The van der Waals surface area contributed by atoms with Gasteiger partial charge in [-0.3, -0.25) is 4.79 Å². The molecule has 1 aromatic rings. The van der Waals surface area contributed by atoms with Gasteiger partial charge < -0.3 is 24.8 Å². The van der Waals surface area contributed by atoms with E-state index in [0.717, 1.165) is 0 Å². The number of amides is 1. The molecule has 26 heavy (non-hydrogen) atoms. The Hall–Kier alpha value is -2.58. The van der Waals surface area contributed by atoms with E-state index >= 15 is 0 Å². The summed E-state index contributed by atoms with van der Waals surface area (Å²) < 4.78 is 9.40. The molecule has 0 fully saturated rings. The second-order valence-corrected chi connectivity index (χ2v) is 5.97. The molecule has 1 aliphatic rings. The second kappa shape index (κ2) is 8.20. The number of hydrogen-bond acceptors (Lipinski definition) is 7. The van der Waals surface area contributed by atoms with Gasteiger partial charge >= 0.3 is 11.9 Å². The van der Waals surface area contributed by atoms with Gasteiger partial charge in [-0.2, -0.15) is 0 Å². The summed E-state index contributed by atoms with van der Waals surface area (Å²) in [6, 6.07) is 3.01. The Kier molecular flexibility index (Phi) is 6.23. The fourth-order valence-electron chi connectivity index (χ4n) is 2.57. The van der Waals surface area contributed by atoms with Crippen molar-refractivity contribution < 1.29 is 29.0 Å². The average Bonchev–Trinajstić information content (AvgIpc) is 2.93. The molecule has 2 rings (SSSR count). The van der Waals surface area contributed by atoms with Gasteiger partial charge in [-0.15, -0.1) is 0 Å². The molecule has 1 heterocycles. The maximum Gasteiger partial charge on any atom is 0.339 e. The molecule has 0 atom stereocenters. The number of nitrogens with one attached hydrogen (secondary N) is 1. The molecular weight excluding hydrogens is 364 g/mol. The minimum atomic E-state index is -0.642. The van der Waals surface area contributed by atoms with Gasteiger partial charge in [0.1, 0.15) is 5.70 Å². The zero-order valence-electron chi connectivity index (χ0n) is 14.6. The van der Waals surface area contributed by atoms with Crippen molar-refractivity contribution in [2.45, 2.75) is 6.92 Å². The lowest BCUT2D eigenvalue weighted by Crippen LogP contribution is -2.31. The first-order valence-electron chi connectivity index (χ1n) is 7.71. The first kappa shape index (κ1) is 19.7. The van der Waals surface area contributed by atoms with Crippen molar-refractivity contribution in [1.82, 2.24) is 4.90 Å². The molecular formula is C17H19ClN2O6. The summed E-state index contributed by atoms with van der Waals surface area (Å²) in [5, 5.41) is 12.1. The molecule has 8 nitrogen and oxygen atoms in total. The van der Waals surface area contributed by atoms with E-state index in [9.17, 15) is 14.4 Å². The highest BCUT2D eigenvalue weighted by Crippen LogP contribution is 2.29. The fourth-order valence-corrected chi connectivity index (χ4v) is 2.81. The number of carbonyl (C=O) groups excluding carboxylic acids is 3. The maximum atomic E-state index is 12.5. The largest absolute Gasteiger partial charge is 0.466 e. The molecule has 2 N–H and O–H groups in total. The van der Waals surface area contributed by atoms with Crippen LogP contribution in [-0.4, -0.2) is 61.8 Å². The lowest BCUT2D eigenvalue weighted by molar-refractivity contribution is -0.136. The number of benzene rings is 1. The molecule has 0 saturated heterocycles. The van der Waals surface area contributed by atoms with Crippen LogP contribution in [-0.2, 0) is 19.1 Å². The Labute approximate surface area is 155 Å². The molecule has 1 aromatic carbocycles. The monoisotopic (exact) mass is 382 g/mol. The van der Waals surface area contributed by atoms with E-state index in [-0.39, 0.29) is 41.6 Å². The number of ether oxygens (including phenoxy) is 2. The van der Waals surface area contributed by atoms with Crippen molar-refractivity contribution in [2.75, 3.05) is 39.2 Å². The summed E-state index contributed by atoms with van der Waals surface area (Å²) in [4.78, 5) is 37.6. The number of halogens is 1. The molecule has 140 valence electrons. The predicted octanol–water partition coefficient (Wildman–Crippen LogP) is 1.11. The Morgan fingerprint density at radius 3 is 2.50 bits per heavy atom. The van der Waals surface area contributed by atoms with Crippen LogP contribution in [0.4, 0.5) is 5.69 Å². The third kappa shape index (κ3) is 3.81. The first-order valence-corrected chi connectivity index (χ1v) is 8.08. The van der Waals surface area contributed by atoms with Gasteiger partial charge in [0.05, 0.1) is 43.5 Å². The van der Waals surface area contributed by atoms with Crippen LogP contribution in [0.25, 0.3) is 0 Å². The summed E-state index contributed by atoms with van der Waals surface area (Å²) in [6.07, 6.45) is 0. The van der Waals surface area contributed by atoms with Crippen molar-refractivity contribution in [3.05, 3.63) is 39.6 Å². The second-order valence-electron chi connectivity index (χ2n) is 5.56. The maximum absolute atomic E-state index is 12.5. The van der Waals surface area contributed by atoms with E-state index in [1.165, 1.54) is 31.3 Å². The van der Waals surface area contributed by atoms with E-state index in [2.05, 4.69) is 10.1 Å². The van der Waals surface area contributed by atoms with Crippen LogP contribution < -0.4 is 5.32 Å². The molecule has 0 unspecified atom stereocenters. The number of β-amino-alcohol motifs (C(OH)–C–C–N with tert-alkyl or cyclic N) is 1. The number of anilines is 1. The highest BCUT2D eigenvalue weighted by molar-refractivity contribution is 6.34. The number of aliphatic hydroxyl groups excluding tert-OH is 1. The number of methoxy groups -OCH3 is 2. The number of rotatable bonds is 6. The fraction of sp³-hybridized carbons (Fsp3) is 0.353. The van der Waals surface area contributed by atoms with Crippen LogP contribution in [0.15, 0.2) is 23.4 Å². The number of aryl methyl sites for hydroxylation is 1.